The smallest absolute Gasteiger partial charge is 0.389 e. The van der Waals surface area contributed by atoms with Gasteiger partial charge in [0.2, 0.25) is 0 Å². The lowest BCUT2D eigenvalue weighted by molar-refractivity contribution is -0.145. The van der Waals surface area contributed by atoms with Crippen molar-refractivity contribution in [2.45, 2.75) is 63.2 Å². The van der Waals surface area contributed by atoms with Gasteiger partial charge in [-0.25, -0.2) is 0 Å². The molecule has 0 aromatic carbocycles. The lowest BCUT2D eigenvalue weighted by Crippen LogP contribution is -2.50. The summed E-state index contributed by atoms with van der Waals surface area (Å²) in [5.41, 5.74) is -0.976. The van der Waals surface area contributed by atoms with Crippen LogP contribution in [-0.4, -0.2) is 42.0 Å². The number of alkyl halides is 3. The Bertz CT molecular complexity index is 318. The molecular formula is C13H22F3NO3. The number of aliphatic carboxylic acids is 1. The van der Waals surface area contributed by atoms with Gasteiger partial charge in [-0.3, -0.25) is 10.1 Å². The molecule has 0 aromatic heterocycles. The fraction of sp³-hybridized carbons (Fsp3) is 0.923. The highest BCUT2D eigenvalue weighted by Crippen LogP contribution is 2.25. The van der Waals surface area contributed by atoms with E-state index in [0.29, 0.717) is 12.8 Å². The monoisotopic (exact) mass is 297 g/mol. The molecule has 0 aromatic rings. The van der Waals surface area contributed by atoms with E-state index < -0.39 is 24.1 Å². The van der Waals surface area contributed by atoms with E-state index >= 15 is 0 Å². The van der Waals surface area contributed by atoms with Crippen LogP contribution in [-0.2, 0) is 9.53 Å². The topological polar surface area (TPSA) is 58.6 Å². The Morgan fingerprint density at radius 2 is 1.80 bits per heavy atom. The molecule has 0 heterocycles. The van der Waals surface area contributed by atoms with Crippen molar-refractivity contribution in [3.8, 4) is 0 Å². The van der Waals surface area contributed by atoms with Crippen molar-refractivity contribution in [3.05, 3.63) is 0 Å². The van der Waals surface area contributed by atoms with E-state index in [-0.39, 0.29) is 25.7 Å². The summed E-state index contributed by atoms with van der Waals surface area (Å²) >= 11 is 0. The first-order valence-electron chi connectivity index (χ1n) is 6.88. The van der Waals surface area contributed by atoms with Crippen LogP contribution in [0.1, 0.15) is 45.4 Å². The molecule has 0 amide bonds. The van der Waals surface area contributed by atoms with Crippen LogP contribution in [0.2, 0.25) is 0 Å². The third kappa shape index (κ3) is 7.09. The highest BCUT2D eigenvalue weighted by Gasteiger charge is 2.37. The first-order chi connectivity index (χ1) is 9.23. The van der Waals surface area contributed by atoms with E-state index in [0.717, 1.165) is 12.8 Å². The second kappa shape index (κ2) is 7.26. The molecule has 1 aliphatic rings. The molecule has 0 radical (unpaired) electrons. The van der Waals surface area contributed by atoms with E-state index in [1.165, 1.54) is 0 Å². The van der Waals surface area contributed by atoms with Crippen LogP contribution in [0.25, 0.3) is 0 Å². The van der Waals surface area contributed by atoms with Crippen molar-refractivity contribution < 1.29 is 27.8 Å². The molecule has 4 nitrogen and oxygen atoms in total. The Balaban J connectivity index is 2.10. The summed E-state index contributed by atoms with van der Waals surface area (Å²) in [5.74, 6) is -0.901. The maximum Gasteiger partial charge on any atom is 0.389 e. The summed E-state index contributed by atoms with van der Waals surface area (Å²) in [7, 11) is 0. The number of hydrogen-bond acceptors (Lipinski definition) is 3. The molecule has 2 N–H and O–H groups in total. The minimum atomic E-state index is -4.14. The van der Waals surface area contributed by atoms with E-state index in [9.17, 15) is 23.1 Å². The van der Waals surface area contributed by atoms with Crippen LogP contribution in [0, 0.1) is 0 Å². The molecule has 0 aliphatic heterocycles. The van der Waals surface area contributed by atoms with E-state index in [1.807, 2.05) is 0 Å². The Labute approximate surface area is 116 Å². The van der Waals surface area contributed by atoms with Crippen molar-refractivity contribution in [1.29, 1.82) is 0 Å². The second-order valence-electron chi connectivity index (χ2n) is 5.49. The fourth-order valence-electron chi connectivity index (χ4n) is 1.92. The molecule has 20 heavy (non-hydrogen) atoms. The van der Waals surface area contributed by atoms with Crippen LogP contribution in [0.4, 0.5) is 13.2 Å². The number of ether oxygens (including phenoxy) is 1. The fourth-order valence-corrected chi connectivity index (χ4v) is 1.92. The van der Waals surface area contributed by atoms with Gasteiger partial charge in [0.1, 0.15) is 5.54 Å². The van der Waals surface area contributed by atoms with Gasteiger partial charge in [0, 0.05) is 25.7 Å². The number of carboxylic acids is 1. The van der Waals surface area contributed by atoms with Crippen LogP contribution >= 0.6 is 0 Å². The normalized spacial score (nSPS) is 18.8. The van der Waals surface area contributed by atoms with Crippen molar-refractivity contribution in [3.63, 3.8) is 0 Å². The number of halogens is 3. The highest BCUT2D eigenvalue weighted by molar-refractivity contribution is 5.78. The zero-order valence-electron chi connectivity index (χ0n) is 11.6. The molecule has 1 saturated carbocycles. The molecule has 1 fully saturated rings. The SMILES string of the molecule is CC(CCCOCCCC(F)(F)F)(NC1CC1)C(=O)O. The van der Waals surface area contributed by atoms with Gasteiger partial charge < -0.3 is 9.84 Å². The summed E-state index contributed by atoms with van der Waals surface area (Å²) in [6, 6.07) is 0.281. The zero-order chi connectivity index (χ0) is 15.2. The van der Waals surface area contributed by atoms with Gasteiger partial charge in [-0.1, -0.05) is 0 Å². The summed E-state index contributed by atoms with van der Waals surface area (Å²) in [6.07, 6.45) is -2.14. The third-order valence-electron chi connectivity index (χ3n) is 3.29. The second-order valence-corrected chi connectivity index (χ2v) is 5.49. The van der Waals surface area contributed by atoms with Gasteiger partial charge in [0.15, 0.2) is 0 Å². The predicted molar refractivity (Wildman–Crippen MR) is 67.5 cm³/mol. The Morgan fingerprint density at radius 3 is 2.25 bits per heavy atom. The molecule has 7 heteroatoms. The predicted octanol–water partition coefficient (Wildman–Crippen LogP) is 2.72. The number of rotatable bonds is 10. The molecule has 1 atom stereocenters. The Hall–Kier alpha value is -0.820. The number of carboxylic acid groups (broad SMARTS) is 1. The summed E-state index contributed by atoms with van der Waals surface area (Å²) in [6.45, 7) is 1.98. The largest absolute Gasteiger partial charge is 0.480 e. The van der Waals surface area contributed by atoms with E-state index in [4.69, 9.17) is 4.74 Å². The first kappa shape index (κ1) is 17.2. The van der Waals surface area contributed by atoms with Gasteiger partial charge in [-0.05, 0) is 39.0 Å². The third-order valence-corrected chi connectivity index (χ3v) is 3.29. The zero-order valence-corrected chi connectivity index (χ0v) is 11.6. The number of nitrogens with one attached hydrogen (secondary N) is 1. The molecule has 1 aliphatic carbocycles. The minimum Gasteiger partial charge on any atom is -0.480 e. The van der Waals surface area contributed by atoms with Crippen molar-refractivity contribution in [2.24, 2.45) is 0 Å². The average molecular weight is 297 g/mol. The Kier molecular flexibility index (Phi) is 6.26. The van der Waals surface area contributed by atoms with Crippen molar-refractivity contribution in [2.75, 3.05) is 13.2 Å². The highest BCUT2D eigenvalue weighted by atomic mass is 19.4. The van der Waals surface area contributed by atoms with Crippen LogP contribution in [0.5, 0.6) is 0 Å². The molecule has 0 spiro atoms. The summed E-state index contributed by atoms with van der Waals surface area (Å²) in [4.78, 5) is 11.2. The first-order valence-corrected chi connectivity index (χ1v) is 6.88. The van der Waals surface area contributed by atoms with Gasteiger partial charge in [0.25, 0.3) is 0 Å². The number of hydrogen-bond donors (Lipinski definition) is 2. The molecule has 0 saturated heterocycles. The summed E-state index contributed by atoms with van der Waals surface area (Å²) in [5, 5.41) is 12.3. The minimum absolute atomic E-state index is 0.0549. The summed E-state index contributed by atoms with van der Waals surface area (Å²) < 4.78 is 40.7. The average Bonchev–Trinajstić information content (AvgIpc) is 3.10. The van der Waals surface area contributed by atoms with Crippen LogP contribution < -0.4 is 5.32 Å². The lowest BCUT2D eigenvalue weighted by atomic mass is 9.96. The lowest BCUT2D eigenvalue weighted by Gasteiger charge is -2.26. The van der Waals surface area contributed by atoms with Crippen molar-refractivity contribution >= 4 is 5.97 Å². The quantitative estimate of drug-likeness (QED) is 0.609. The van der Waals surface area contributed by atoms with Gasteiger partial charge in [-0.2, -0.15) is 13.2 Å². The Morgan fingerprint density at radius 1 is 1.25 bits per heavy atom. The van der Waals surface area contributed by atoms with E-state index in [1.54, 1.807) is 6.92 Å². The van der Waals surface area contributed by atoms with Gasteiger partial charge in [0.05, 0.1) is 0 Å². The molecule has 1 rings (SSSR count). The molecule has 118 valence electrons. The van der Waals surface area contributed by atoms with E-state index in [2.05, 4.69) is 5.32 Å². The maximum atomic E-state index is 11.9. The van der Waals surface area contributed by atoms with Crippen LogP contribution in [0.3, 0.4) is 0 Å². The maximum absolute atomic E-state index is 11.9. The van der Waals surface area contributed by atoms with Crippen LogP contribution in [0.15, 0.2) is 0 Å². The van der Waals surface area contributed by atoms with Gasteiger partial charge in [-0.15, -0.1) is 0 Å². The molecule has 0 bridgehead atoms. The number of carbonyl (C=O) groups is 1. The van der Waals surface area contributed by atoms with Crippen molar-refractivity contribution in [1.82, 2.24) is 5.32 Å². The molecular weight excluding hydrogens is 275 g/mol. The molecule has 1 unspecified atom stereocenters. The standard InChI is InChI=1S/C13H22F3NO3/c1-12(11(18)19,17-10-4-5-10)6-2-8-20-9-3-7-13(14,15)16/h10,17H,2-9H2,1H3,(H,18,19). The van der Waals surface area contributed by atoms with Gasteiger partial charge >= 0.3 is 12.1 Å².